The fraction of sp³-hybridized carbons (Fsp3) is 0.611. The minimum absolute atomic E-state index is 0.111. The van der Waals surface area contributed by atoms with Gasteiger partial charge in [-0.2, -0.15) is 5.10 Å². The summed E-state index contributed by atoms with van der Waals surface area (Å²) >= 11 is 1.70. The topological polar surface area (TPSA) is 54.3 Å². The Bertz CT molecular complexity index is 746. The van der Waals surface area contributed by atoms with Gasteiger partial charge in [-0.1, -0.05) is 0 Å². The van der Waals surface area contributed by atoms with Crippen LogP contribution in [0.4, 0.5) is 0 Å². The van der Waals surface area contributed by atoms with Gasteiger partial charge in [0, 0.05) is 56.1 Å². The SMILES string of the molecule is CC(c1nccs1)N1CCN(C(=O)c2nn(C)c3c2CCCC3)CC1. The zero-order valence-electron chi connectivity index (χ0n) is 14.9. The molecule has 2 aromatic rings. The van der Waals surface area contributed by atoms with Crippen molar-refractivity contribution in [3.63, 3.8) is 0 Å². The van der Waals surface area contributed by atoms with Crippen molar-refractivity contribution in [2.24, 2.45) is 7.05 Å². The van der Waals surface area contributed by atoms with Crippen LogP contribution in [0.25, 0.3) is 0 Å². The summed E-state index contributed by atoms with van der Waals surface area (Å²) in [6, 6.07) is 0.319. The van der Waals surface area contributed by atoms with Gasteiger partial charge in [0.05, 0.1) is 6.04 Å². The van der Waals surface area contributed by atoms with Crippen LogP contribution >= 0.6 is 11.3 Å². The second-order valence-electron chi connectivity index (χ2n) is 6.98. The lowest BCUT2D eigenvalue weighted by Crippen LogP contribution is -2.49. The van der Waals surface area contributed by atoms with Gasteiger partial charge in [-0.05, 0) is 32.6 Å². The van der Waals surface area contributed by atoms with Crippen molar-refractivity contribution < 1.29 is 4.79 Å². The number of rotatable bonds is 3. The van der Waals surface area contributed by atoms with Crippen molar-refractivity contribution in [2.75, 3.05) is 26.2 Å². The van der Waals surface area contributed by atoms with Crippen LogP contribution in [0.3, 0.4) is 0 Å². The van der Waals surface area contributed by atoms with Crippen molar-refractivity contribution >= 4 is 17.2 Å². The number of piperazine rings is 1. The van der Waals surface area contributed by atoms with Crippen LogP contribution in [-0.2, 0) is 19.9 Å². The first-order valence-corrected chi connectivity index (χ1v) is 10.0. The number of fused-ring (bicyclic) bond motifs is 1. The molecule has 0 saturated carbocycles. The van der Waals surface area contributed by atoms with Crippen LogP contribution in [0, 0.1) is 0 Å². The summed E-state index contributed by atoms with van der Waals surface area (Å²) in [5, 5.41) is 7.74. The molecule has 4 rings (SSSR count). The van der Waals surface area contributed by atoms with E-state index >= 15 is 0 Å². The summed E-state index contributed by atoms with van der Waals surface area (Å²) in [6.45, 7) is 5.51. The summed E-state index contributed by atoms with van der Waals surface area (Å²) in [5.74, 6) is 0.111. The molecule has 1 amide bonds. The van der Waals surface area contributed by atoms with E-state index in [9.17, 15) is 4.79 Å². The normalized spacial score (nSPS) is 19.7. The van der Waals surface area contributed by atoms with Gasteiger partial charge in [-0.15, -0.1) is 11.3 Å². The smallest absolute Gasteiger partial charge is 0.274 e. The maximum absolute atomic E-state index is 13.0. The van der Waals surface area contributed by atoms with Gasteiger partial charge >= 0.3 is 0 Å². The van der Waals surface area contributed by atoms with Gasteiger partial charge < -0.3 is 4.90 Å². The molecule has 0 bridgehead atoms. The maximum Gasteiger partial charge on any atom is 0.274 e. The van der Waals surface area contributed by atoms with Crippen molar-refractivity contribution in [3.05, 3.63) is 33.5 Å². The molecule has 7 heteroatoms. The van der Waals surface area contributed by atoms with E-state index in [1.165, 1.54) is 17.7 Å². The molecular weight excluding hydrogens is 334 g/mol. The van der Waals surface area contributed by atoms with Gasteiger partial charge in [-0.3, -0.25) is 14.4 Å². The maximum atomic E-state index is 13.0. The van der Waals surface area contributed by atoms with Gasteiger partial charge in [0.25, 0.3) is 5.91 Å². The van der Waals surface area contributed by atoms with Crippen LogP contribution in [0.5, 0.6) is 0 Å². The fourth-order valence-electron chi connectivity index (χ4n) is 4.00. The molecule has 1 aliphatic heterocycles. The molecule has 0 spiro atoms. The highest BCUT2D eigenvalue weighted by atomic mass is 32.1. The highest BCUT2D eigenvalue weighted by Crippen LogP contribution is 2.26. The number of amides is 1. The Morgan fingerprint density at radius 3 is 2.68 bits per heavy atom. The first-order valence-electron chi connectivity index (χ1n) is 9.12. The van der Waals surface area contributed by atoms with Gasteiger partial charge in [0.1, 0.15) is 5.01 Å². The number of carbonyl (C=O) groups is 1. The van der Waals surface area contributed by atoms with E-state index in [2.05, 4.69) is 21.9 Å². The Labute approximate surface area is 152 Å². The van der Waals surface area contributed by atoms with E-state index in [4.69, 9.17) is 0 Å². The zero-order valence-corrected chi connectivity index (χ0v) is 15.8. The summed E-state index contributed by atoms with van der Waals surface area (Å²) in [5.41, 5.74) is 3.14. The second kappa shape index (κ2) is 6.88. The minimum atomic E-state index is 0.111. The number of carbonyl (C=O) groups excluding carboxylic acids is 1. The number of aryl methyl sites for hydroxylation is 1. The standard InChI is InChI=1S/C18H25N5OS/c1-13(17-19-7-12-25-17)22-8-10-23(11-9-22)18(24)16-14-5-3-4-6-15(14)21(2)20-16/h7,12-13H,3-6,8-11H2,1-2H3. The quantitative estimate of drug-likeness (QED) is 0.844. The third-order valence-corrected chi connectivity index (χ3v) is 6.47. The summed E-state index contributed by atoms with van der Waals surface area (Å²) in [4.78, 5) is 21.8. The van der Waals surface area contributed by atoms with E-state index in [1.807, 2.05) is 28.2 Å². The second-order valence-corrected chi connectivity index (χ2v) is 7.91. The molecule has 3 heterocycles. The van der Waals surface area contributed by atoms with Crippen LogP contribution in [-0.4, -0.2) is 56.7 Å². The molecule has 0 aromatic carbocycles. The highest BCUT2D eigenvalue weighted by Gasteiger charge is 2.30. The number of hydrogen-bond donors (Lipinski definition) is 0. The Balaban J connectivity index is 1.43. The van der Waals surface area contributed by atoms with Gasteiger partial charge in [0.2, 0.25) is 0 Å². The lowest BCUT2D eigenvalue weighted by Gasteiger charge is -2.37. The number of aromatic nitrogens is 3. The Hall–Kier alpha value is -1.73. The number of hydrogen-bond acceptors (Lipinski definition) is 5. The number of nitrogens with zero attached hydrogens (tertiary/aromatic N) is 5. The third-order valence-electron chi connectivity index (χ3n) is 5.53. The predicted octanol–water partition coefficient (Wildman–Crippen LogP) is 2.27. The molecular formula is C18H25N5OS. The van der Waals surface area contributed by atoms with Crippen LogP contribution in [0.1, 0.15) is 52.6 Å². The van der Waals surface area contributed by atoms with Crippen molar-refractivity contribution in [2.45, 2.75) is 38.6 Å². The molecule has 6 nitrogen and oxygen atoms in total. The molecule has 0 radical (unpaired) electrons. The molecule has 2 aromatic heterocycles. The molecule has 1 fully saturated rings. The molecule has 1 unspecified atom stereocenters. The summed E-state index contributed by atoms with van der Waals surface area (Å²) in [7, 11) is 1.97. The first-order chi connectivity index (χ1) is 12.1. The largest absolute Gasteiger partial charge is 0.335 e. The fourth-order valence-corrected chi connectivity index (χ4v) is 4.73. The average molecular weight is 359 g/mol. The summed E-state index contributed by atoms with van der Waals surface area (Å²) < 4.78 is 1.92. The van der Waals surface area contributed by atoms with E-state index in [0.29, 0.717) is 11.7 Å². The van der Waals surface area contributed by atoms with E-state index < -0.39 is 0 Å². The third kappa shape index (κ3) is 3.11. The lowest BCUT2D eigenvalue weighted by atomic mass is 9.95. The van der Waals surface area contributed by atoms with Gasteiger partial charge in [0.15, 0.2) is 5.69 Å². The van der Waals surface area contributed by atoms with E-state index in [1.54, 1.807) is 11.3 Å². The minimum Gasteiger partial charge on any atom is -0.335 e. The highest BCUT2D eigenvalue weighted by molar-refractivity contribution is 7.09. The summed E-state index contributed by atoms with van der Waals surface area (Å²) in [6.07, 6.45) is 6.27. The van der Waals surface area contributed by atoms with Crippen molar-refractivity contribution in [3.8, 4) is 0 Å². The van der Waals surface area contributed by atoms with Crippen LogP contribution in [0.15, 0.2) is 11.6 Å². The molecule has 1 atom stereocenters. The van der Waals surface area contributed by atoms with Crippen LogP contribution in [0.2, 0.25) is 0 Å². The molecule has 1 aliphatic carbocycles. The Kier molecular flexibility index (Phi) is 4.60. The Morgan fingerprint density at radius 2 is 1.96 bits per heavy atom. The van der Waals surface area contributed by atoms with E-state index in [0.717, 1.165) is 50.4 Å². The molecule has 1 saturated heterocycles. The molecule has 0 N–H and O–H groups in total. The van der Waals surface area contributed by atoms with Gasteiger partial charge in [-0.25, -0.2) is 4.98 Å². The van der Waals surface area contributed by atoms with Crippen molar-refractivity contribution in [1.29, 1.82) is 0 Å². The Morgan fingerprint density at radius 1 is 1.20 bits per heavy atom. The molecule has 25 heavy (non-hydrogen) atoms. The lowest BCUT2D eigenvalue weighted by molar-refractivity contribution is 0.0574. The zero-order chi connectivity index (χ0) is 17.4. The van der Waals surface area contributed by atoms with Crippen LogP contribution < -0.4 is 0 Å². The monoisotopic (exact) mass is 359 g/mol. The first kappa shape index (κ1) is 16.7. The number of thiazole rings is 1. The predicted molar refractivity (Wildman–Crippen MR) is 97.9 cm³/mol. The average Bonchev–Trinajstić information content (AvgIpc) is 3.30. The van der Waals surface area contributed by atoms with E-state index in [-0.39, 0.29) is 5.91 Å². The van der Waals surface area contributed by atoms with Crippen molar-refractivity contribution in [1.82, 2.24) is 24.6 Å². The molecule has 134 valence electrons. The molecule has 2 aliphatic rings.